The van der Waals surface area contributed by atoms with E-state index in [-0.39, 0.29) is 17.5 Å². The molecule has 0 aliphatic carbocycles. The minimum Gasteiger partial charge on any atom is -0.377 e. The maximum atomic E-state index is 12.0. The lowest BCUT2D eigenvalue weighted by atomic mass is 10.0. The molecule has 1 atom stereocenters. The molecular weight excluding hydrogens is 192 g/mol. The van der Waals surface area contributed by atoms with E-state index in [9.17, 15) is 4.79 Å². The zero-order valence-electron chi connectivity index (χ0n) is 9.95. The Hall–Kier alpha value is -0.610. The number of ether oxygens (including phenoxy) is 1. The van der Waals surface area contributed by atoms with Crippen LogP contribution in [-0.2, 0) is 9.53 Å². The van der Waals surface area contributed by atoms with Gasteiger partial charge in [0.25, 0.3) is 0 Å². The van der Waals surface area contributed by atoms with E-state index in [1.54, 1.807) is 0 Å². The maximum absolute atomic E-state index is 12.0. The molecule has 0 bridgehead atoms. The molecule has 1 amide bonds. The van der Waals surface area contributed by atoms with Crippen LogP contribution in [-0.4, -0.2) is 42.1 Å². The second kappa shape index (κ2) is 4.94. The molecule has 1 heterocycles. The average molecular weight is 214 g/mol. The summed E-state index contributed by atoms with van der Waals surface area (Å²) < 4.78 is 5.37. The van der Waals surface area contributed by atoms with Crippen LogP contribution in [0.25, 0.3) is 0 Å². The maximum Gasteiger partial charge on any atom is 0.240 e. The Kier molecular flexibility index (Phi) is 4.11. The lowest BCUT2D eigenvalue weighted by Gasteiger charge is -2.43. The summed E-state index contributed by atoms with van der Waals surface area (Å²) in [7, 11) is 0. The van der Waals surface area contributed by atoms with E-state index in [0.29, 0.717) is 19.8 Å². The highest BCUT2D eigenvalue weighted by molar-refractivity contribution is 5.82. The van der Waals surface area contributed by atoms with Crippen molar-refractivity contribution in [3.05, 3.63) is 0 Å². The number of nitrogens with two attached hydrogens (primary N) is 1. The summed E-state index contributed by atoms with van der Waals surface area (Å²) in [4.78, 5) is 13.9. The van der Waals surface area contributed by atoms with Gasteiger partial charge in [-0.05, 0) is 20.3 Å². The van der Waals surface area contributed by atoms with E-state index in [0.717, 1.165) is 12.8 Å². The van der Waals surface area contributed by atoms with E-state index in [1.807, 2.05) is 25.7 Å². The molecule has 1 aliphatic heterocycles. The van der Waals surface area contributed by atoms with Gasteiger partial charge in [0, 0.05) is 6.54 Å². The largest absolute Gasteiger partial charge is 0.377 e. The van der Waals surface area contributed by atoms with Crippen LogP contribution in [0.3, 0.4) is 0 Å². The Morgan fingerprint density at radius 3 is 2.80 bits per heavy atom. The molecule has 1 saturated heterocycles. The van der Waals surface area contributed by atoms with Gasteiger partial charge in [0.2, 0.25) is 5.91 Å². The summed E-state index contributed by atoms with van der Waals surface area (Å²) in [6, 6.07) is -0.354. The molecule has 4 nitrogen and oxygen atoms in total. The average Bonchev–Trinajstić information content (AvgIpc) is 2.16. The molecular formula is C11H22N2O2. The lowest BCUT2D eigenvalue weighted by Crippen LogP contribution is -2.59. The van der Waals surface area contributed by atoms with Crippen LogP contribution in [0.2, 0.25) is 0 Å². The van der Waals surface area contributed by atoms with Crippen molar-refractivity contribution < 1.29 is 9.53 Å². The fraction of sp³-hybridized carbons (Fsp3) is 0.909. The molecule has 0 saturated carbocycles. The molecule has 4 heteroatoms. The van der Waals surface area contributed by atoms with Gasteiger partial charge in [-0.25, -0.2) is 0 Å². The quantitative estimate of drug-likeness (QED) is 0.754. The number of hydrogen-bond acceptors (Lipinski definition) is 3. The van der Waals surface area contributed by atoms with Crippen molar-refractivity contribution in [2.75, 3.05) is 19.8 Å². The minimum absolute atomic E-state index is 0.0603. The van der Waals surface area contributed by atoms with Gasteiger partial charge in [-0.3, -0.25) is 4.79 Å². The third-order valence-electron chi connectivity index (χ3n) is 2.83. The van der Waals surface area contributed by atoms with E-state index in [2.05, 4.69) is 0 Å². The van der Waals surface area contributed by atoms with Crippen molar-refractivity contribution >= 4 is 5.91 Å². The Bertz CT molecular complexity index is 229. The number of nitrogens with zero attached hydrogens (tertiary/aromatic N) is 1. The monoisotopic (exact) mass is 214 g/mol. The minimum atomic E-state index is -0.354. The highest BCUT2D eigenvalue weighted by Gasteiger charge is 2.35. The molecule has 0 aromatic carbocycles. The van der Waals surface area contributed by atoms with Crippen molar-refractivity contribution in [3.8, 4) is 0 Å². The predicted molar refractivity (Wildman–Crippen MR) is 59.5 cm³/mol. The van der Waals surface area contributed by atoms with Crippen LogP contribution in [0.4, 0.5) is 0 Å². The van der Waals surface area contributed by atoms with Crippen LogP contribution >= 0.6 is 0 Å². The van der Waals surface area contributed by atoms with E-state index < -0.39 is 0 Å². The molecule has 1 fully saturated rings. The van der Waals surface area contributed by atoms with Crippen LogP contribution in [0.15, 0.2) is 0 Å². The van der Waals surface area contributed by atoms with Crippen molar-refractivity contribution in [2.24, 2.45) is 5.73 Å². The fourth-order valence-electron chi connectivity index (χ4n) is 1.90. The Morgan fingerprint density at radius 1 is 1.60 bits per heavy atom. The van der Waals surface area contributed by atoms with Gasteiger partial charge in [0.15, 0.2) is 0 Å². The van der Waals surface area contributed by atoms with Crippen molar-refractivity contribution in [3.63, 3.8) is 0 Å². The number of carbonyl (C=O) groups excluding carboxylic acids is 1. The number of amides is 1. The van der Waals surface area contributed by atoms with Crippen LogP contribution < -0.4 is 5.73 Å². The molecule has 0 spiro atoms. The molecule has 2 N–H and O–H groups in total. The smallest absolute Gasteiger partial charge is 0.240 e. The number of hydrogen-bond donors (Lipinski definition) is 1. The van der Waals surface area contributed by atoms with Gasteiger partial charge < -0.3 is 15.4 Å². The third-order valence-corrected chi connectivity index (χ3v) is 2.83. The number of carbonyl (C=O) groups is 1. The van der Waals surface area contributed by atoms with Gasteiger partial charge in [0.1, 0.15) is 0 Å². The molecule has 1 rings (SSSR count). The summed E-state index contributed by atoms with van der Waals surface area (Å²) in [5.41, 5.74) is 5.63. The molecule has 1 unspecified atom stereocenters. The van der Waals surface area contributed by atoms with Gasteiger partial charge in [-0.1, -0.05) is 13.3 Å². The summed E-state index contributed by atoms with van der Waals surface area (Å²) in [6.45, 7) is 7.94. The highest BCUT2D eigenvalue weighted by atomic mass is 16.5. The van der Waals surface area contributed by atoms with Crippen molar-refractivity contribution in [2.45, 2.75) is 45.2 Å². The zero-order chi connectivity index (χ0) is 11.5. The second-order valence-corrected chi connectivity index (χ2v) is 4.75. The molecule has 15 heavy (non-hydrogen) atoms. The normalized spacial score (nSPS) is 22.5. The summed E-state index contributed by atoms with van der Waals surface area (Å²) in [5.74, 6) is 0.0603. The van der Waals surface area contributed by atoms with Crippen molar-refractivity contribution in [1.82, 2.24) is 4.90 Å². The Labute approximate surface area is 91.8 Å². The molecule has 0 aromatic rings. The fourth-order valence-corrected chi connectivity index (χ4v) is 1.90. The molecule has 0 aromatic heterocycles. The summed E-state index contributed by atoms with van der Waals surface area (Å²) in [5, 5.41) is 0. The SMILES string of the molecule is CCCC(N)C(=O)N1CCOCC1(C)C. The van der Waals surface area contributed by atoms with Crippen LogP contribution in [0.5, 0.6) is 0 Å². The highest BCUT2D eigenvalue weighted by Crippen LogP contribution is 2.20. The number of rotatable bonds is 3. The van der Waals surface area contributed by atoms with Crippen LogP contribution in [0.1, 0.15) is 33.6 Å². The third kappa shape index (κ3) is 2.92. The second-order valence-electron chi connectivity index (χ2n) is 4.75. The first kappa shape index (κ1) is 12.5. The van der Waals surface area contributed by atoms with E-state index in [4.69, 9.17) is 10.5 Å². The first-order chi connectivity index (χ1) is 6.99. The van der Waals surface area contributed by atoms with Crippen LogP contribution in [0, 0.1) is 0 Å². The van der Waals surface area contributed by atoms with Crippen molar-refractivity contribution in [1.29, 1.82) is 0 Å². The van der Waals surface area contributed by atoms with E-state index >= 15 is 0 Å². The molecule has 0 radical (unpaired) electrons. The summed E-state index contributed by atoms with van der Waals surface area (Å²) >= 11 is 0. The first-order valence-electron chi connectivity index (χ1n) is 5.64. The lowest BCUT2D eigenvalue weighted by molar-refractivity contribution is -0.147. The summed E-state index contributed by atoms with van der Waals surface area (Å²) in [6.07, 6.45) is 1.70. The van der Waals surface area contributed by atoms with Gasteiger partial charge in [-0.15, -0.1) is 0 Å². The zero-order valence-corrected chi connectivity index (χ0v) is 9.95. The molecule has 88 valence electrons. The standard InChI is InChI=1S/C11H22N2O2/c1-4-5-9(12)10(14)13-6-7-15-8-11(13,2)3/h9H,4-8,12H2,1-3H3. The Balaban J connectivity index is 2.64. The van der Waals surface area contributed by atoms with E-state index in [1.165, 1.54) is 0 Å². The molecule has 1 aliphatic rings. The van der Waals surface area contributed by atoms with Gasteiger partial charge in [-0.2, -0.15) is 0 Å². The first-order valence-corrected chi connectivity index (χ1v) is 5.64. The number of morpholine rings is 1. The Morgan fingerprint density at radius 2 is 2.27 bits per heavy atom. The van der Waals surface area contributed by atoms with Gasteiger partial charge in [0.05, 0.1) is 24.8 Å². The topological polar surface area (TPSA) is 55.6 Å². The van der Waals surface area contributed by atoms with Gasteiger partial charge >= 0.3 is 0 Å². The predicted octanol–water partition coefficient (Wildman–Crippen LogP) is 0.751.